The van der Waals surface area contributed by atoms with Gasteiger partial charge in [-0.1, -0.05) is 29.3 Å². The number of thioether (sulfide) groups is 1. The first-order valence-corrected chi connectivity index (χ1v) is 9.08. The van der Waals surface area contributed by atoms with Gasteiger partial charge in [0.15, 0.2) is 0 Å². The van der Waals surface area contributed by atoms with Gasteiger partial charge in [-0.25, -0.2) is 0 Å². The highest BCUT2D eigenvalue weighted by atomic mass is 79.9. The number of methoxy groups -OCH3 is 2. The SMILES string of the molecule is CCC/C(Br)=C\C=C(/CSC1CC(C)(C(=O)OC)C1)OC. The van der Waals surface area contributed by atoms with Crippen LogP contribution < -0.4 is 0 Å². The smallest absolute Gasteiger partial charge is 0.311 e. The molecule has 1 rings (SSSR count). The Hall–Kier alpha value is -0.420. The van der Waals surface area contributed by atoms with Gasteiger partial charge in [-0.2, -0.15) is 11.8 Å². The van der Waals surface area contributed by atoms with Crippen molar-refractivity contribution in [1.29, 1.82) is 0 Å². The molecule has 0 bridgehead atoms. The first kappa shape index (κ1) is 18.6. The van der Waals surface area contributed by atoms with E-state index in [4.69, 9.17) is 9.47 Å². The lowest BCUT2D eigenvalue weighted by molar-refractivity contribution is -0.156. The van der Waals surface area contributed by atoms with Crippen LogP contribution in [0, 0.1) is 5.41 Å². The van der Waals surface area contributed by atoms with Crippen molar-refractivity contribution in [2.45, 2.75) is 44.8 Å². The Kier molecular flexibility index (Phi) is 7.88. The molecule has 1 aliphatic carbocycles. The Morgan fingerprint density at radius 2 is 2.00 bits per heavy atom. The Morgan fingerprint density at radius 3 is 2.52 bits per heavy atom. The molecule has 0 saturated heterocycles. The summed E-state index contributed by atoms with van der Waals surface area (Å²) in [5, 5.41) is 0.510. The molecule has 1 aliphatic rings. The molecule has 21 heavy (non-hydrogen) atoms. The maximum absolute atomic E-state index is 11.6. The molecule has 0 N–H and O–H groups in total. The summed E-state index contributed by atoms with van der Waals surface area (Å²) in [4.78, 5) is 11.6. The molecule has 0 aliphatic heterocycles. The van der Waals surface area contributed by atoms with Crippen LogP contribution in [0.5, 0.6) is 0 Å². The Morgan fingerprint density at radius 1 is 1.33 bits per heavy atom. The molecule has 0 aromatic rings. The number of carbonyl (C=O) groups excluding carboxylic acids is 1. The summed E-state index contributed by atoms with van der Waals surface area (Å²) in [6, 6.07) is 0. The van der Waals surface area contributed by atoms with E-state index in [9.17, 15) is 4.79 Å². The summed E-state index contributed by atoms with van der Waals surface area (Å²) in [6.45, 7) is 4.13. The normalized spacial score (nSPS) is 26.2. The zero-order valence-electron chi connectivity index (χ0n) is 13.3. The fraction of sp³-hybridized carbons (Fsp3) is 0.688. The summed E-state index contributed by atoms with van der Waals surface area (Å²) in [5.41, 5.74) is -0.284. The van der Waals surface area contributed by atoms with E-state index in [0.717, 1.165) is 37.2 Å². The molecular weight excluding hydrogens is 352 g/mol. The van der Waals surface area contributed by atoms with Crippen molar-refractivity contribution in [1.82, 2.24) is 0 Å². The lowest BCUT2D eigenvalue weighted by atomic mass is 9.70. The van der Waals surface area contributed by atoms with Crippen molar-refractivity contribution in [3.63, 3.8) is 0 Å². The van der Waals surface area contributed by atoms with Gasteiger partial charge in [0, 0.05) is 5.25 Å². The molecule has 0 aromatic carbocycles. The first-order chi connectivity index (χ1) is 9.95. The Bertz CT molecular complexity index is 412. The molecule has 0 heterocycles. The summed E-state index contributed by atoms with van der Waals surface area (Å²) in [5.74, 6) is 1.70. The highest BCUT2D eigenvalue weighted by Crippen LogP contribution is 2.47. The van der Waals surface area contributed by atoms with Crippen molar-refractivity contribution in [2.24, 2.45) is 5.41 Å². The molecule has 1 saturated carbocycles. The van der Waals surface area contributed by atoms with Crippen molar-refractivity contribution >= 4 is 33.7 Å². The molecule has 0 aromatic heterocycles. The molecule has 3 nitrogen and oxygen atoms in total. The number of hydrogen-bond acceptors (Lipinski definition) is 4. The number of halogens is 1. The third-order valence-corrected chi connectivity index (χ3v) is 5.61. The van der Waals surface area contributed by atoms with Crippen LogP contribution in [0.1, 0.15) is 39.5 Å². The summed E-state index contributed by atoms with van der Waals surface area (Å²) in [7, 11) is 3.16. The number of allylic oxidation sites excluding steroid dienone is 3. The van der Waals surface area contributed by atoms with E-state index in [1.165, 1.54) is 11.6 Å². The van der Waals surface area contributed by atoms with Gasteiger partial charge in [-0.05, 0) is 42.8 Å². The van der Waals surface area contributed by atoms with Crippen LogP contribution in [0.2, 0.25) is 0 Å². The number of hydrogen-bond donors (Lipinski definition) is 0. The van der Waals surface area contributed by atoms with E-state index in [0.29, 0.717) is 5.25 Å². The third kappa shape index (κ3) is 5.70. The Labute approximate surface area is 140 Å². The number of rotatable bonds is 8. The molecule has 0 radical (unpaired) electrons. The monoisotopic (exact) mass is 376 g/mol. The van der Waals surface area contributed by atoms with Crippen LogP contribution in [0.4, 0.5) is 0 Å². The van der Waals surface area contributed by atoms with E-state index >= 15 is 0 Å². The number of carbonyl (C=O) groups is 1. The topological polar surface area (TPSA) is 35.5 Å². The molecule has 120 valence electrons. The fourth-order valence-corrected chi connectivity index (χ4v) is 4.47. The van der Waals surface area contributed by atoms with E-state index in [1.807, 2.05) is 24.8 Å². The lowest BCUT2D eigenvalue weighted by Crippen LogP contribution is -2.44. The summed E-state index contributed by atoms with van der Waals surface area (Å²) in [6.07, 6.45) is 8.01. The summed E-state index contributed by atoms with van der Waals surface area (Å²) < 4.78 is 11.4. The maximum atomic E-state index is 11.6. The molecule has 0 unspecified atom stereocenters. The van der Waals surface area contributed by atoms with Gasteiger partial charge >= 0.3 is 5.97 Å². The molecule has 0 atom stereocenters. The maximum Gasteiger partial charge on any atom is 0.311 e. The van der Waals surface area contributed by atoms with E-state index in [1.54, 1.807) is 7.11 Å². The van der Waals surface area contributed by atoms with Crippen LogP contribution in [0.3, 0.4) is 0 Å². The fourth-order valence-electron chi connectivity index (χ4n) is 2.36. The van der Waals surface area contributed by atoms with Gasteiger partial charge in [0.2, 0.25) is 0 Å². The highest BCUT2D eigenvalue weighted by molar-refractivity contribution is 9.11. The highest BCUT2D eigenvalue weighted by Gasteiger charge is 2.47. The minimum atomic E-state index is -0.284. The van der Waals surface area contributed by atoms with Gasteiger partial charge in [0.1, 0.15) is 5.76 Å². The quantitative estimate of drug-likeness (QED) is 0.350. The predicted octanol–water partition coefficient (Wildman–Crippen LogP) is 4.67. The molecule has 5 heteroatoms. The standard InChI is InChI=1S/C16H25BrO3S/c1-5-6-12(17)7-8-13(19-3)11-21-14-9-16(2,10-14)15(18)20-4/h7-8,14H,5-6,9-11H2,1-4H3/b12-7+,13-8+. The van der Waals surface area contributed by atoms with E-state index in [-0.39, 0.29) is 11.4 Å². The molecule has 0 spiro atoms. The minimum absolute atomic E-state index is 0.0895. The lowest BCUT2D eigenvalue weighted by Gasteiger charge is -2.42. The average Bonchev–Trinajstić information content (AvgIpc) is 2.44. The molecular formula is C16H25BrO3S. The van der Waals surface area contributed by atoms with Crippen LogP contribution in [-0.2, 0) is 14.3 Å². The third-order valence-electron chi connectivity index (χ3n) is 3.70. The second-order valence-electron chi connectivity index (χ2n) is 5.59. The summed E-state index contributed by atoms with van der Waals surface area (Å²) >= 11 is 5.39. The van der Waals surface area contributed by atoms with Crippen molar-refractivity contribution in [2.75, 3.05) is 20.0 Å². The predicted molar refractivity (Wildman–Crippen MR) is 92.6 cm³/mol. The number of esters is 1. The minimum Gasteiger partial charge on any atom is -0.500 e. The zero-order valence-corrected chi connectivity index (χ0v) is 15.7. The van der Waals surface area contributed by atoms with Gasteiger partial charge in [-0.3, -0.25) is 4.79 Å². The van der Waals surface area contributed by atoms with Crippen molar-refractivity contribution in [3.05, 3.63) is 22.4 Å². The Balaban J connectivity index is 2.39. The molecule has 1 fully saturated rings. The van der Waals surface area contributed by atoms with Crippen LogP contribution in [0.25, 0.3) is 0 Å². The zero-order chi connectivity index (χ0) is 15.9. The second-order valence-corrected chi connectivity index (χ2v) is 7.90. The number of ether oxygens (including phenoxy) is 2. The van der Waals surface area contributed by atoms with Crippen molar-refractivity contribution < 1.29 is 14.3 Å². The van der Waals surface area contributed by atoms with E-state index in [2.05, 4.69) is 28.9 Å². The van der Waals surface area contributed by atoms with Gasteiger partial charge in [-0.15, -0.1) is 0 Å². The largest absolute Gasteiger partial charge is 0.500 e. The van der Waals surface area contributed by atoms with Crippen molar-refractivity contribution in [3.8, 4) is 0 Å². The van der Waals surface area contributed by atoms with Crippen LogP contribution in [0.15, 0.2) is 22.4 Å². The first-order valence-electron chi connectivity index (χ1n) is 7.24. The van der Waals surface area contributed by atoms with Crippen LogP contribution in [-0.4, -0.2) is 31.2 Å². The van der Waals surface area contributed by atoms with Crippen LogP contribution >= 0.6 is 27.7 Å². The second kappa shape index (κ2) is 8.89. The van der Waals surface area contributed by atoms with E-state index < -0.39 is 0 Å². The average molecular weight is 377 g/mol. The molecule has 0 amide bonds. The van der Waals surface area contributed by atoms with Gasteiger partial charge in [0.25, 0.3) is 0 Å². The van der Waals surface area contributed by atoms with Gasteiger partial charge < -0.3 is 9.47 Å². The van der Waals surface area contributed by atoms with Gasteiger partial charge in [0.05, 0.1) is 25.4 Å².